The van der Waals surface area contributed by atoms with Crippen LogP contribution in [0.1, 0.15) is 33.6 Å². The number of carbonyl (C=O) groups excluding carboxylic acids is 1. The van der Waals surface area contributed by atoms with Crippen molar-refractivity contribution >= 4 is 11.5 Å². The van der Waals surface area contributed by atoms with Crippen molar-refractivity contribution in [2.45, 2.75) is 33.6 Å². The Hall–Kier alpha value is -0.860. The molecule has 0 amide bonds. The van der Waals surface area contributed by atoms with Gasteiger partial charge in [-0.3, -0.25) is 4.79 Å². The Morgan fingerprint density at radius 1 is 1.43 bits per heavy atom. The van der Waals surface area contributed by atoms with Gasteiger partial charge in [0, 0.05) is 11.3 Å². The van der Waals surface area contributed by atoms with Crippen LogP contribution in [-0.4, -0.2) is 18.6 Å². The van der Waals surface area contributed by atoms with Crippen LogP contribution in [-0.2, 0) is 9.63 Å². The molecular weight excluding hydrogens is 178 g/mol. The van der Waals surface area contributed by atoms with Crippen molar-refractivity contribution in [1.82, 2.24) is 0 Å². The maximum absolute atomic E-state index is 12.1. The molecule has 3 nitrogen and oxygen atoms in total. The van der Waals surface area contributed by atoms with Crippen molar-refractivity contribution in [3.05, 3.63) is 0 Å². The number of hydrogen-bond acceptors (Lipinski definition) is 3. The molecule has 2 aliphatic carbocycles. The second-order valence-corrected chi connectivity index (χ2v) is 5.13. The van der Waals surface area contributed by atoms with Crippen LogP contribution in [0.15, 0.2) is 5.16 Å². The SMILES string of the molecule is CO/N=C1/C(=O)C2(C)CCC1C2(C)C. The van der Waals surface area contributed by atoms with Crippen LogP contribution in [0.3, 0.4) is 0 Å². The topological polar surface area (TPSA) is 38.7 Å². The second kappa shape index (κ2) is 2.59. The van der Waals surface area contributed by atoms with Crippen LogP contribution in [0, 0.1) is 16.7 Å². The lowest BCUT2D eigenvalue weighted by Crippen LogP contribution is -2.33. The summed E-state index contributed by atoms with van der Waals surface area (Å²) in [6, 6.07) is 0. The molecule has 2 bridgehead atoms. The van der Waals surface area contributed by atoms with E-state index in [-0.39, 0.29) is 16.6 Å². The predicted molar refractivity (Wildman–Crippen MR) is 54.1 cm³/mol. The van der Waals surface area contributed by atoms with E-state index >= 15 is 0 Å². The first-order chi connectivity index (χ1) is 6.45. The van der Waals surface area contributed by atoms with E-state index in [9.17, 15) is 4.79 Å². The highest BCUT2D eigenvalue weighted by Crippen LogP contribution is 2.62. The highest BCUT2D eigenvalue weighted by molar-refractivity contribution is 6.45. The van der Waals surface area contributed by atoms with E-state index < -0.39 is 0 Å². The number of rotatable bonds is 1. The summed E-state index contributed by atoms with van der Waals surface area (Å²) < 4.78 is 0. The summed E-state index contributed by atoms with van der Waals surface area (Å²) in [7, 11) is 1.50. The third kappa shape index (κ3) is 0.830. The summed E-state index contributed by atoms with van der Waals surface area (Å²) in [6.07, 6.45) is 2.06. The molecule has 2 atom stereocenters. The molecule has 0 N–H and O–H groups in total. The average molecular weight is 195 g/mol. The summed E-state index contributed by atoms with van der Waals surface area (Å²) in [5.41, 5.74) is 0.488. The van der Waals surface area contributed by atoms with E-state index in [0.717, 1.165) is 12.8 Å². The number of nitrogens with zero attached hydrogens (tertiary/aromatic N) is 1. The number of hydrogen-bond donors (Lipinski definition) is 0. The van der Waals surface area contributed by atoms with E-state index in [2.05, 4.69) is 25.9 Å². The van der Waals surface area contributed by atoms with Gasteiger partial charge in [0.2, 0.25) is 0 Å². The molecule has 2 rings (SSSR count). The van der Waals surface area contributed by atoms with Crippen molar-refractivity contribution in [1.29, 1.82) is 0 Å². The van der Waals surface area contributed by atoms with Gasteiger partial charge in [0.1, 0.15) is 12.8 Å². The van der Waals surface area contributed by atoms with Crippen LogP contribution in [0.4, 0.5) is 0 Å². The van der Waals surface area contributed by atoms with Gasteiger partial charge in [0.15, 0.2) is 5.78 Å². The number of Topliss-reactive ketones (excluding diaryl/α,β-unsaturated/α-hetero) is 1. The summed E-state index contributed by atoms with van der Waals surface area (Å²) in [5.74, 6) is 0.487. The van der Waals surface area contributed by atoms with Gasteiger partial charge in [-0.1, -0.05) is 25.9 Å². The van der Waals surface area contributed by atoms with Gasteiger partial charge in [-0.15, -0.1) is 0 Å². The Morgan fingerprint density at radius 2 is 2.07 bits per heavy atom. The van der Waals surface area contributed by atoms with Gasteiger partial charge in [-0.2, -0.15) is 0 Å². The Bertz CT molecular complexity index is 319. The van der Waals surface area contributed by atoms with Crippen LogP contribution >= 0.6 is 0 Å². The van der Waals surface area contributed by atoms with E-state index in [1.165, 1.54) is 7.11 Å². The Balaban J connectivity index is 2.49. The van der Waals surface area contributed by atoms with E-state index in [0.29, 0.717) is 11.6 Å². The number of ketones is 1. The minimum Gasteiger partial charge on any atom is -0.399 e. The van der Waals surface area contributed by atoms with Crippen LogP contribution < -0.4 is 0 Å². The van der Waals surface area contributed by atoms with Gasteiger partial charge >= 0.3 is 0 Å². The zero-order valence-corrected chi connectivity index (χ0v) is 9.26. The second-order valence-electron chi connectivity index (χ2n) is 5.13. The zero-order chi connectivity index (χ0) is 10.6. The number of fused-ring (bicyclic) bond motifs is 2. The Labute approximate surface area is 84.5 Å². The molecule has 2 aliphatic rings. The average Bonchev–Trinajstić information content (AvgIpc) is 2.41. The highest BCUT2D eigenvalue weighted by atomic mass is 16.6. The molecule has 0 aliphatic heterocycles. The van der Waals surface area contributed by atoms with Crippen molar-refractivity contribution < 1.29 is 9.63 Å². The molecule has 3 heteroatoms. The maximum atomic E-state index is 12.1. The lowest BCUT2D eigenvalue weighted by molar-refractivity contribution is -0.123. The highest BCUT2D eigenvalue weighted by Gasteiger charge is 2.65. The molecule has 78 valence electrons. The smallest absolute Gasteiger partial charge is 0.187 e. The fourth-order valence-electron chi connectivity index (χ4n) is 3.03. The largest absolute Gasteiger partial charge is 0.399 e. The molecule has 0 spiro atoms. The molecule has 0 heterocycles. The number of carbonyl (C=O) groups is 1. The minimum absolute atomic E-state index is 0.0431. The Morgan fingerprint density at radius 3 is 2.50 bits per heavy atom. The van der Waals surface area contributed by atoms with E-state index in [4.69, 9.17) is 4.84 Å². The lowest BCUT2D eigenvalue weighted by atomic mass is 9.70. The van der Waals surface area contributed by atoms with Crippen LogP contribution in [0.25, 0.3) is 0 Å². The van der Waals surface area contributed by atoms with Gasteiger partial charge in [0.05, 0.1) is 0 Å². The molecule has 0 saturated heterocycles. The Kier molecular flexibility index (Phi) is 1.79. The molecule has 0 aromatic carbocycles. The molecule has 2 fully saturated rings. The summed E-state index contributed by atoms with van der Waals surface area (Å²) in [4.78, 5) is 16.8. The summed E-state index contributed by atoms with van der Waals surface area (Å²) in [6.45, 7) is 6.40. The standard InChI is InChI=1S/C11H17NO2/c1-10(2)7-5-6-11(10,3)9(13)8(7)12-14-4/h7H,5-6H2,1-4H3/b12-8+. The summed E-state index contributed by atoms with van der Waals surface area (Å²) in [5, 5.41) is 3.90. The fourth-order valence-corrected chi connectivity index (χ4v) is 3.03. The van der Waals surface area contributed by atoms with Crippen LogP contribution in [0.2, 0.25) is 0 Å². The molecule has 2 unspecified atom stereocenters. The first-order valence-electron chi connectivity index (χ1n) is 5.11. The van der Waals surface area contributed by atoms with Crippen molar-refractivity contribution in [3.63, 3.8) is 0 Å². The van der Waals surface area contributed by atoms with Gasteiger partial charge in [-0.05, 0) is 18.3 Å². The minimum atomic E-state index is -0.213. The van der Waals surface area contributed by atoms with Crippen molar-refractivity contribution in [2.24, 2.45) is 21.9 Å². The molecular formula is C11H17NO2. The third-order valence-corrected chi connectivity index (χ3v) is 4.48. The van der Waals surface area contributed by atoms with Gasteiger partial charge in [0.25, 0.3) is 0 Å². The van der Waals surface area contributed by atoms with Crippen molar-refractivity contribution in [2.75, 3.05) is 7.11 Å². The quantitative estimate of drug-likeness (QED) is 0.600. The van der Waals surface area contributed by atoms with E-state index in [1.807, 2.05) is 0 Å². The maximum Gasteiger partial charge on any atom is 0.187 e. The predicted octanol–water partition coefficient (Wildman–Crippen LogP) is 2.01. The molecule has 0 radical (unpaired) electrons. The number of oxime groups is 1. The molecule has 14 heavy (non-hydrogen) atoms. The van der Waals surface area contributed by atoms with E-state index in [1.54, 1.807) is 0 Å². The fraction of sp³-hybridized carbons (Fsp3) is 0.818. The van der Waals surface area contributed by atoms with Crippen LogP contribution in [0.5, 0.6) is 0 Å². The van der Waals surface area contributed by atoms with Gasteiger partial charge < -0.3 is 4.84 Å². The monoisotopic (exact) mass is 195 g/mol. The van der Waals surface area contributed by atoms with Gasteiger partial charge in [-0.25, -0.2) is 0 Å². The van der Waals surface area contributed by atoms with Crippen molar-refractivity contribution in [3.8, 4) is 0 Å². The molecule has 2 saturated carbocycles. The normalized spacial score (nSPS) is 42.1. The molecule has 0 aromatic heterocycles. The molecule has 0 aromatic rings. The lowest BCUT2D eigenvalue weighted by Gasteiger charge is -2.31. The third-order valence-electron chi connectivity index (χ3n) is 4.48. The summed E-state index contributed by atoms with van der Waals surface area (Å²) >= 11 is 0. The zero-order valence-electron chi connectivity index (χ0n) is 9.26. The first kappa shape index (κ1) is 9.69. The first-order valence-corrected chi connectivity index (χ1v) is 5.11.